The van der Waals surface area contributed by atoms with Crippen LogP contribution in [0.4, 0.5) is 0 Å². The van der Waals surface area contributed by atoms with Crippen molar-refractivity contribution in [1.29, 1.82) is 0 Å². The number of aryl methyl sites for hydroxylation is 2. The fraction of sp³-hybridized carbons (Fsp3) is 0.647. The monoisotopic (exact) mass is 261 g/mol. The van der Waals surface area contributed by atoms with E-state index in [-0.39, 0.29) is 0 Å². The standard InChI is InChI=1S/C17H27NO/c1-12-10-17(19-4)13(2)9-15(12)11-14-5-7-16(18-3)8-6-14/h9-10,14,16,18H,5-8,11H2,1-4H3. The Kier molecular flexibility index (Phi) is 4.87. The maximum absolute atomic E-state index is 5.39. The van der Waals surface area contributed by atoms with Crippen LogP contribution in [0.2, 0.25) is 0 Å². The summed E-state index contributed by atoms with van der Waals surface area (Å²) in [5.41, 5.74) is 4.14. The molecule has 0 heterocycles. The number of hydrogen-bond acceptors (Lipinski definition) is 2. The molecule has 1 fully saturated rings. The van der Waals surface area contributed by atoms with Crippen LogP contribution in [0.3, 0.4) is 0 Å². The summed E-state index contributed by atoms with van der Waals surface area (Å²) in [5.74, 6) is 1.87. The topological polar surface area (TPSA) is 21.3 Å². The van der Waals surface area contributed by atoms with E-state index in [0.717, 1.165) is 17.7 Å². The Bertz CT molecular complexity index is 420. The molecule has 2 rings (SSSR count). The number of ether oxygens (including phenoxy) is 1. The SMILES string of the molecule is CNC1CCC(Cc2cc(C)c(OC)cc2C)CC1. The highest BCUT2D eigenvalue weighted by molar-refractivity contribution is 5.41. The number of hydrogen-bond donors (Lipinski definition) is 1. The molecule has 0 aromatic heterocycles. The number of nitrogens with one attached hydrogen (secondary N) is 1. The van der Waals surface area contributed by atoms with Gasteiger partial charge in [0, 0.05) is 6.04 Å². The first kappa shape index (κ1) is 14.4. The van der Waals surface area contributed by atoms with Crippen LogP contribution >= 0.6 is 0 Å². The maximum Gasteiger partial charge on any atom is 0.122 e. The lowest BCUT2D eigenvalue weighted by atomic mass is 9.81. The van der Waals surface area contributed by atoms with Gasteiger partial charge in [0.1, 0.15) is 5.75 Å². The maximum atomic E-state index is 5.39. The summed E-state index contributed by atoms with van der Waals surface area (Å²) in [4.78, 5) is 0. The van der Waals surface area contributed by atoms with Gasteiger partial charge >= 0.3 is 0 Å². The highest BCUT2D eigenvalue weighted by Crippen LogP contribution is 2.30. The quantitative estimate of drug-likeness (QED) is 0.893. The molecule has 0 spiro atoms. The second-order valence-electron chi connectivity index (χ2n) is 5.96. The zero-order valence-corrected chi connectivity index (χ0v) is 12.8. The molecule has 106 valence electrons. The Morgan fingerprint density at radius 3 is 2.37 bits per heavy atom. The molecule has 2 nitrogen and oxygen atoms in total. The van der Waals surface area contributed by atoms with Gasteiger partial charge in [-0.05, 0) is 81.7 Å². The van der Waals surface area contributed by atoms with E-state index in [9.17, 15) is 0 Å². The number of methoxy groups -OCH3 is 1. The van der Waals surface area contributed by atoms with Crippen molar-refractivity contribution >= 4 is 0 Å². The van der Waals surface area contributed by atoms with Gasteiger partial charge in [-0.3, -0.25) is 0 Å². The van der Waals surface area contributed by atoms with E-state index in [2.05, 4.69) is 38.3 Å². The van der Waals surface area contributed by atoms with Crippen LogP contribution < -0.4 is 10.1 Å². The van der Waals surface area contributed by atoms with Gasteiger partial charge in [-0.15, -0.1) is 0 Å². The summed E-state index contributed by atoms with van der Waals surface area (Å²) < 4.78 is 5.39. The fourth-order valence-electron chi connectivity index (χ4n) is 3.26. The molecule has 0 amide bonds. The van der Waals surface area contributed by atoms with Crippen LogP contribution in [-0.4, -0.2) is 20.2 Å². The number of benzene rings is 1. The Hall–Kier alpha value is -1.02. The molecule has 19 heavy (non-hydrogen) atoms. The molecule has 1 aromatic rings. The molecule has 0 radical (unpaired) electrons. The molecule has 0 saturated heterocycles. The van der Waals surface area contributed by atoms with Crippen LogP contribution in [0.1, 0.15) is 42.4 Å². The summed E-state index contributed by atoms with van der Waals surface area (Å²) in [6, 6.07) is 5.25. The van der Waals surface area contributed by atoms with Crippen LogP contribution in [0.15, 0.2) is 12.1 Å². The molecule has 0 bridgehead atoms. The van der Waals surface area contributed by atoms with Crippen LogP contribution in [0.25, 0.3) is 0 Å². The first-order valence-electron chi connectivity index (χ1n) is 7.45. The third kappa shape index (κ3) is 3.50. The van der Waals surface area contributed by atoms with Crippen molar-refractivity contribution in [2.24, 2.45) is 5.92 Å². The third-order valence-electron chi connectivity index (χ3n) is 4.62. The summed E-state index contributed by atoms with van der Waals surface area (Å²) in [7, 11) is 3.84. The van der Waals surface area contributed by atoms with Gasteiger partial charge in [-0.2, -0.15) is 0 Å². The van der Waals surface area contributed by atoms with Crippen molar-refractivity contribution in [2.45, 2.75) is 52.0 Å². The molecular weight excluding hydrogens is 234 g/mol. The lowest BCUT2D eigenvalue weighted by molar-refractivity contribution is 0.300. The third-order valence-corrected chi connectivity index (χ3v) is 4.62. The average Bonchev–Trinajstić information content (AvgIpc) is 2.43. The van der Waals surface area contributed by atoms with Crippen molar-refractivity contribution < 1.29 is 4.74 Å². The Morgan fingerprint density at radius 1 is 1.11 bits per heavy atom. The molecule has 0 unspecified atom stereocenters. The first-order valence-corrected chi connectivity index (χ1v) is 7.45. The molecule has 1 aliphatic rings. The van der Waals surface area contributed by atoms with E-state index in [1.54, 1.807) is 7.11 Å². The van der Waals surface area contributed by atoms with Gasteiger partial charge in [-0.1, -0.05) is 6.07 Å². The second kappa shape index (κ2) is 6.42. The zero-order chi connectivity index (χ0) is 13.8. The minimum atomic E-state index is 0.745. The molecule has 0 aliphatic heterocycles. The minimum Gasteiger partial charge on any atom is -0.496 e. The number of rotatable bonds is 4. The fourth-order valence-corrected chi connectivity index (χ4v) is 3.26. The van der Waals surface area contributed by atoms with E-state index in [1.807, 2.05) is 0 Å². The molecule has 2 heteroatoms. The first-order chi connectivity index (χ1) is 9.13. The Balaban J connectivity index is 2.02. The molecular formula is C17H27NO. The summed E-state index contributed by atoms with van der Waals surface area (Å²) in [6.07, 6.45) is 6.60. The van der Waals surface area contributed by atoms with Gasteiger partial charge in [0.15, 0.2) is 0 Å². The largest absolute Gasteiger partial charge is 0.496 e. The van der Waals surface area contributed by atoms with Crippen molar-refractivity contribution in [3.63, 3.8) is 0 Å². The Morgan fingerprint density at radius 2 is 1.79 bits per heavy atom. The van der Waals surface area contributed by atoms with E-state index < -0.39 is 0 Å². The average molecular weight is 261 g/mol. The molecule has 1 saturated carbocycles. The van der Waals surface area contributed by atoms with E-state index in [4.69, 9.17) is 4.74 Å². The smallest absolute Gasteiger partial charge is 0.122 e. The lowest BCUT2D eigenvalue weighted by Crippen LogP contribution is -2.30. The molecule has 1 N–H and O–H groups in total. The Labute approximate surface area is 117 Å². The molecule has 1 aliphatic carbocycles. The van der Waals surface area contributed by atoms with Gasteiger partial charge in [0.25, 0.3) is 0 Å². The highest BCUT2D eigenvalue weighted by atomic mass is 16.5. The van der Waals surface area contributed by atoms with Gasteiger partial charge in [0.2, 0.25) is 0 Å². The van der Waals surface area contributed by atoms with E-state index in [0.29, 0.717) is 0 Å². The van der Waals surface area contributed by atoms with Crippen molar-refractivity contribution in [1.82, 2.24) is 5.32 Å². The second-order valence-corrected chi connectivity index (χ2v) is 5.96. The summed E-state index contributed by atoms with van der Waals surface area (Å²) >= 11 is 0. The van der Waals surface area contributed by atoms with Crippen molar-refractivity contribution in [3.05, 3.63) is 28.8 Å². The van der Waals surface area contributed by atoms with Crippen LogP contribution in [0, 0.1) is 19.8 Å². The van der Waals surface area contributed by atoms with Crippen LogP contribution in [-0.2, 0) is 6.42 Å². The van der Waals surface area contributed by atoms with Crippen molar-refractivity contribution in [3.8, 4) is 5.75 Å². The van der Waals surface area contributed by atoms with Crippen molar-refractivity contribution in [2.75, 3.05) is 14.2 Å². The summed E-state index contributed by atoms with van der Waals surface area (Å²) in [6.45, 7) is 4.34. The summed E-state index contributed by atoms with van der Waals surface area (Å²) in [5, 5.41) is 3.41. The van der Waals surface area contributed by atoms with E-state index in [1.165, 1.54) is 48.8 Å². The van der Waals surface area contributed by atoms with Crippen LogP contribution in [0.5, 0.6) is 5.75 Å². The predicted octanol–water partition coefficient (Wildman–Crippen LogP) is 3.63. The highest BCUT2D eigenvalue weighted by Gasteiger charge is 2.20. The lowest BCUT2D eigenvalue weighted by Gasteiger charge is -2.28. The minimum absolute atomic E-state index is 0.745. The van der Waals surface area contributed by atoms with Gasteiger partial charge in [-0.25, -0.2) is 0 Å². The molecule has 1 aromatic carbocycles. The molecule has 0 atom stereocenters. The van der Waals surface area contributed by atoms with Gasteiger partial charge in [0.05, 0.1) is 7.11 Å². The normalized spacial score (nSPS) is 23.4. The van der Waals surface area contributed by atoms with Gasteiger partial charge < -0.3 is 10.1 Å². The van der Waals surface area contributed by atoms with E-state index >= 15 is 0 Å². The predicted molar refractivity (Wildman–Crippen MR) is 81.0 cm³/mol. The zero-order valence-electron chi connectivity index (χ0n) is 12.8.